The van der Waals surface area contributed by atoms with E-state index in [1.165, 1.54) is 18.6 Å². The molecule has 3 aliphatic rings. The van der Waals surface area contributed by atoms with Crippen LogP contribution >= 0.6 is 11.8 Å². The molecule has 0 aromatic carbocycles. The van der Waals surface area contributed by atoms with Crippen LogP contribution in [0, 0.1) is 11.8 Å². The molecule has 2 aliphatic heterocycles. The van der Waals surface area contributed by atoms with Gasteiger partial charge in [0, 0.05) is 30.8 Å². The van der Waals surface area contributed by atoms with E-state index in [0.717, 1.165) is 38.8 Å². The molecule has 2 amide bonds. The highest BCUT2D eigenvalue weighted by Crippen LogP contribution is 2.32. The van der Waals surface area contributed by atoms with Crippen LogP contribution in [0.5, 0.6) is 0 Å². The van der Waals surface area contributed by atoms with Crippen LogP contribution in [0.15, 0.2) is 0 Å². The van der Waals surface area contributed by atoms with Gasteiger partial charge in [-0.05, 0) is 44.3 Å². The fraction of sp³-hybridized carbons (Fsp3) is 0.867. The summed E-state index contributed by atoms with van der Waals surface area (Å²) in [5, 5.41) is 3.70. The largest absolute Gasteiger partial charge is 0.355 e. The third-order valence-electron chi connectivity index (χ3n) is 4.56. The number of hydrogen-bond acceptors (Lipinski definition) is 3. The first-order chi connectivity index (χ1) is 9.74. The van der Waals surface area contributed by atoms with Crippen LogP contribution in [-0.4, -0.2) is 47.4 Å². The van der Waals surface area contributed by atoms with Gasteiger partial charge >= 0.3 is 0 Å². The van der Waals surface area contributed by atoms with Gasteiger partial charge in [0.15, 0.2) is 0 Å². The summed E-state index contributed by atoms with van der Waals surface area (Å²) in [5.41, 5.74) is 0. The summed E-state index contributed by atoms with van der Waals surface area (Å²) < 4.78 is 0. The molecule has 0 aromatic rings. The quantitative estimate of drug-likeness (QED) is 0.858. The normalized spacial score (nSPS) is 30.3. The fourth-order valence-electron chi connectivity index (χ4n) is 3.14. The van der Waals surface area contributed by atoms with E-state index in [-0.39, 0.29) is 23.7 Å². The number of rotatable bonds is 4. The minimum absolute atomic E-state index is 0.0119. The van der Waals surface area contributed by atoms with Crippen LogP contribution in [0.25, 0.3) is 0 Å². The lowest BCUT2D eigenvalue weighted by Gasteiger charge is -2.32. The van der Waals surface area contributed by atoms with Gasteiger partial charge in [0.25, 0.3) is 0 Å². The Kier molecular flexibility index (Phi) is 4.54. The molecule has 0 bridgehead atoms. The van der Waals surface area contributed by atoms with Crippen molar-refractivity contribution in [1.29, 1.82) is 0 Å². The zero-order valence-electron chi connectivity index (χ0n) is 12.0. The van der Waals surface area contributed by atoms with Crippen LogP contribution in [-0.2, 0) is 9.59 Å². The lowest BCUT2D eigenvalue weighted by atomic mass is 9.96. The summed E-state index contributed by atoms with van der Waals surface area (Å²) in [4.78, 5) is 26.3. The van der Waals surface area contributed by atoms with Gasteiger partial charge in [-0.15, -0.1) is 0 Å². The standard InChI is InChI=1S/C15H24N2O2S/c18-14(16-9-13-4-2-8-20-13)12-3-1-7-17(10-12)15(19)11-5-6-11/h11-13H,1-10H2,(H,16,18)/t12-,13-/m1/s1. The number of amides is 2. The number of carbonyl (C=O) groups is 2. The summed E-state index contributed by atoms with van der Waals surface area (Å²) in [7, 11) is 0. The Balaban J connectivity index is 1.45. The number of nitrogens with one attached hydrogen (secondary N) is 1. The van der Waals surface area contributed by atoms with Crippen molar-refractivity contribution < 1.29 is 9.59 Å². The van der Waals surface area contributed by atoms with Gasteiger partial charge in [0.1, 0.15) is 0 Å². The summed E-state index contributed by atoms with van der Waals surface area (Å²) >= 11 is 1.97. The minimum atomic E-state index is 0.0119. The molecule has 0 aromatic heterocycles. The molecule has 0 radical (unpaired) electrons. The van der Waals surface area contributed by atoms with E-state index in [0.29, 0.717) is 11.8 Å². The SMILES string of the molecule is O=C(NC[C@H]1CCCS1)[C@@H]1CCCN(C(=O)C2CC2)C1. The lowest BCUT2D eigenvalue weighted by Crippen LogP contribution is -2.46. The minimum Gasteiger partial charge on any atom is -0.355 e. The highest BCUT2D eigenvalue weighted by molar-refractivity contribution is 8.00. The Morgan fingerprint density at radius 1 is 1.10 bits per heavy atom. The maximum atomic E-state index is 12.3. The fourth-order valence-corrected chi connectivity index (χ4v) is 4.35. The zero-order chi connectivity index (χ0) is 13.9. The Labute approximate surface area is 125 Å². The number of likely N-dealkylation sites (tertiary alicyclic amines) is 1. The van der Waals surface area contributed by atoms with E-state index in [1.807, 2.05) is 16.7 Å². The maximum Gasteiger partial charge on any atom is 0.225 e. The number of hydrogen-bond donors (Lipinski definition) is 1. The van der Waals surface area contributed by atoms with Gasteiger partial charge < -0.3 is 10.2 Å². The van der Waals surface area contributed by atoms with E-state index < -0.39 is 0 Å². The van der Waals surface area contributed by atoms with Gasteiger partial charge in [-0.2, -0.15) is 11.8 Å². The first-order valence-corrected chi connectivity index (χ1v) is 8.97. The van der Waals surface area contributed by atoms with Crippen molar-refractivity contribution in [2.45, 2.75) is 43.8 Å². The van der Waals surface area contributed by atoms with Gasteiger partial charge in [0.2, 0.25) is 11.8 Å². The Bertz CT molecular complexity index is 378. The molecule has 2 atom stereocenters. The summed E-state index contributed by atoms with van der Waals surface area (Å²) in [6.07, 6.45) is 6.49. The van der Waals surface area contributed by atoms with Crippen LogP contribution in [0.3, 0.4) is 0 Å². The van der Waals surface area contributed by atoms with Gasteiger partial charge in [0.05, 0.1) is 5.92 Å². The van der Waals surface area contributed by atoms with Crippen molar-refractivity contribution in [2.24, 2.45) is 11.8 Å². The van der Waals surface area contributed by atoms with Gasteiger partial charge in [-0.1, -0.05) is 0 Å². The van der Waals surface area contributed by atoms with Crippen molar-refractivity contribution in [3.05, 3.63) is 0 Å². The third-order valence-corrected chi connectivity index (χ3v) is 5.96. The lowest BCUT2D eigenvalue weighted by molar-refractivity contribution is -0.136. The molecular formula is C15H24N2O2S. The third kappa shape index (κ3) is 3.48. The summed E-state index contributed by atoms with van der Waals surface area (Å²) in [6, 6.07) is 0. The molecule has 20 heavy (non-hydrogen) atoms. The van der Waals surface area contributed by atoms with Crippen LogP contribution < -0.4 is 5.32 Å². The Morgan fingerprint density at radius 2 is 1.95 bits per heavy atom. The van der Waals surface area contributed by atoms with Crippen molar-refractivity contribution in [1.82, 2.24) is 10.2 Å². The summed E-state index contributed by atoms with van der Waals surface area (Å²) in [6.45, 7) is 2.28. The maximum absolute atomic E-state index is 12.3. The molecule has 4 nitrogen and oxygen atoms in total. The van der Waals surface area contributed by atoms with Gasteiger partial charge in [-0.3, -0.25) is 9.59 Å². The number of nitrogens with zero attached hydrogens (tertiary/aromatic N) is 1. The topological polar surface area (TPSA) is 49.4 Å². The number of thioether (sulfide) groups is 1. The molecule has 3 rings (SSSR count). The predicted molar refractivity (Wildman–Crippen MR) is 80.5 cm³/mol. The first kappa shape index (κ1) is 14.2. The van der Waals surface area contributed by atoms with Crippen molar-refractivity contribution in [2.75, 3.05) is 25.4 Å². The molecule has 5 heteroatoms. The van der Waals surface area contributed by atoms with Gasteiger partial charge in [-0.25, -0.2) is 0 Å². The molecule has 3 fully saturated rings. The van der Waals surface area contributed by atoms with E-state index in [4.69, 9.17) is 0 Å². The molecule has 0 unspecified atom stereocenters. The second-order valence-electron chi connectivity index (χ2n) is 6.28. The average Bonchev–Trinajstić information content (AvgIpc) is 3.20. The molecule has 2 saturated heterocycles. The average molecular weight is 296 g/mol. The molecule has 1 N–H and O–H groups in total. The van der Waals surface area contributed by atoms with Crippen LogP contribution in [0.2, 0.25) is 0 Å². The predicted octanol–water partition coefficient (Wildman–Crippen LogP) is 1.65. The smallest absolute Gasteiger partial charge is 0.225 e. The van der Waals surface area contributed by atoms with E-state index in [9.17, 15) is 9.59 Å². The second-order valence-corrected chi connectivity index (χ2v) is 7.69. The zero-order valence-corrected chi connectivity index (χ0v) is 12.8. The van der Waals surface area contributed by atoms with Crippen molar-refractivity contribution in [3.63, 3.8) is 0 Å². The number of piperidine rings is 1. The van der Waals surface area contributed by atoms with E-state index in [2.05, 4.69) is 5.32 Å². The van der Waals surface area contributed by atoms with Crippen LogP contribution in [0.4, 0.5) is 0 Å². The molecule has 1 aliphatic carbocycles. The Hall–Kier alpha value is -0.710. The summed E-state index contributed by atoms with van der Waals surface area (Å²) in [5.74, 6) is 1.96. The monoisotopic (exact) mass is 296 g/mol. The highest BCUT2D eigenvalue weighted by Gasteiger charge is 2.36. The van der Waals surface area contributed by atoms with Crippen molar-refractivity contribution >= 4 is 23.6 Å². The highest BCUT2D eigenvalue weighted by atomic mass is 32.2. The molecule has 2 heterocycles. The van der Waals surface area contributed by atoms with E-state index in [1.54, 1.807) is 0 Å². The molecule has 0 spiro atoms. The first-order valence-electron chi connectivity index (χ1n) is 7.92. The van der Waals surface area contributed by atoms with E-state index >= 15 is 0 Å². The Morgan fingerprint density at radius 3 is 2.65 bits per heavy atom. The second kappa shape index (κ2) is 6.37. The number of carbonyl (C=O) groups excluding carboxylic acids is 2. The molecule has 1 saturated carbocycles. The van der Waals surface area contributed by atoms with Crippen molar-refractivity contribution in [3.8, 4) is 0 Å². The van der Waals surface area contributed by atoms with Crippen LogP contribution in [0.1, 0.15) is 38.5 Å². The molecule has 112 valence electrons. The molecular weight excluding hydrogens is 272 g/mol.